The van der Waals surface area contributed by atoms with E-state index in [0.29, 0.717) is 35.0 Å². The predicted molar refractivity (Wildman–Crippen MR) is 105 cm³/mol. The second kappa shape index (κ2) is 8.10. The van der Waals surface area contributed by atoms with Crippen molar-refractivity contribution in [3.63, 3.8) is 0 Å². The number of hydrogen-bond donors (Lipinski definition) is 1. The van der Waals surface area contributed by atoms with Crippen LogP contribution in [0.4, 0.5) is 5.69 Å². The fourth-order valence-electron chi connectivity index (χ4n) is 3.01. The molecule has 3 rings (SSSR count). The zero-order valence-electron chi connectivity index (χ0n) is 14.2. The summed E-state index contributed by atoms with van der Waals surface area (Å²) in [6.07, 6.45) is 1.43. The molecule has 1 atom stereocenters. The molecule has 1 fully saturated rings. The quantitative estimate of drug-likeness (QED) is 0.773. The number of carbonyl (C=O) groups is 2. The number of likely N-dealkylation sites (tertiary alicyclic amines) is 1. The molecule has 5 nitrogen and oxygen atoms in total. The second-order valence-corrected chi connectivity index (χ2v) is 7.32. The molecular weight excluding hydrogens is 420 g/mol. The van der Waals surface area contributed by atoms with Gasteiger partial charge >= 0.3 is 0 Å². The summed E-state index contributed by atoms with van der Waals surface area (Å²) in [4.78, 5) is 27.1. The Morgan fingerprint density at radius 1 is 1.23 bits per heavy atom. The molecule has 2 aromatic carbocycles. The Morgan fingerprint density at radius 2 is 1.96 bits per heavy atom. The summed E-state index contributed by atoms with van der Waals surface area (Å²) in [7, 11) is 1.53. The van der Waals surface area contributed by atoms with Gasteiger partial charge in [0.05, 0.1) is 12.1 Å². The van der Waals surface area contributed by atoms with Gasteiger partial charge in [-0.1, -0.05) is 27.5 Å². The van der Waals surface area contributed by atoms with Gasteiger partial charge in [0, 0.05) is 22.3 Å². The van der Waals surface area contributed by atoms with Crippen LogP contribution in [0.15, 0.2) is 46.9 Å². The first kappa shape index (κ1) is 18.7. The van der Waals surface area contributed by atoms with E-state index in [0.717, 1.165) is 10.9 Å². The summed E-state index contributed by atoms with van der Waals surface area (Å²) in [6, 6.07) is 11.7. The van der Waals surface area contributed by atoms with E-state index in [4.69, 9.17) is 16.3 Å². The van der Waals surface area contributed by atoms with Crippen molar-refractivity contribution in [1.82, 2.24) is 4.90 Å². The zero-order valence-corrected chi connectivity index (χ0v) is 16.5. The van der Waals surface area contributed by atoms with Crippen LogP contribution in [0.2, 0.25) is 5.02 Å². The molecule has 0 spiro atoms. The lowest BCUT2D eigenvalue weighted by Crippen LogP contribution is -2.43. The molecule has 1 saturated heterocycles. The van der Waals surface area contributed by atoms with Gasteiger partial charge in [0.2, 0.25) is 5.91 Å². The summed E-state index contributed by atoms with van der Waals surface area (Å²) in [5.74, 6) is 0.190. The van der Waals surface area contributed by atoms with E-state index in [9.17, 15) is 9.59 Å². The Hall–Kier alpha value is -2.05. The molecule has 1 unspecified atom stereocenters. The molecule has 1 N–H and O–H groups in total. The summed E-state index contributed by atoms with van der Waals surface area (Å²) in [5.41, 5.74) is 1.14. The van der Waals surface area contributed by atoms with Crippen LogP contribution in [0.3, 0.4) is 0 Å². The van der Waals surface area contributed by atoms with Crippen molar-refractivity contribution in [3.05, 3.63) is 57.5 Å². The third-order valence-electron chi connectivity index (χ3n) is 4.33. The number of ether oxygens (including phenoxy) is 1. The van der Waals surface area contributed by atoms with E-state index in [1.807, 2.05) is 12.1 Å². The molecule has 2 aromatic rings. The number of hydrogen-bond acceptors (Lipinski definition) is 3. The minimum Gasteiger partial charge on any atom is -0.495 e. The maximum Gasteiger partial charge on any atom is 0.254 e. The number of nitrogens with one attached hydrogen (secondary N) is 1. The number of methoxy groups -OCH3 is 1. The number of halogens is 2. The standard InChI is InChI=1S/C19H18BrClN2O3/c1-26-17-9-8-14(11-15(17)21)22-18(24)16-3-2-10-23(16)19(25)12-4-6-13(20)7-5-12/h4-9,11,16H,2-3,10H2,1H3,(H,22,24). The van der Waals surface area contributed by atoms with Gasteiger partial charge in [0.15, 0.2) is 0 Å². The number of nitrogens with zero attached hydrogens (tertiary/aromatic N) is 1. The number of anilines is 1. The van der Waals surface area contributed by atoms with Crippen molar-refractivity contribution in [1.29, 1.82) is 0 Å². The normalized spacial score (nSPS) is 16.4. The lowest BCUT2D eigenvalue weighted by Gasteiger charge is -2.24. The lowest BCUT2D eigenvalue weighted by molar-refractivity contribution is -0.119. The Labute approximate surface area is 165 Å². The maximum atomic E-state index is 12.8. The maximum absolute atomic E-state index is 12.8. The van der Waals surface area contributed by atoms with Crippen LogP contribution in [-0.2, 0) is 4.79 Å². The van der Waals surface area contributed by atoms with E-state index in [1.54, 1.807) is 35.2 Å². The molecule has 1 aliphatic rings. The van der Waals surface area contributed by atoms with Crippen LogP contribution in [0.5, 0.6) is 5.75 Å². The van der Waals surface area contributed by atoms with Crippen LogP contribution in [0.1, 0.15) is 23.2 Å². The van der Waals surface area contributed by atoms with Gasteiger partial charge in [-0.25, -0.2) is 0 Å². The number of rotatable bonds is 4. The average Bonchev–Trinajstić information content (AvgIpc) is 3.12. The molecule has 0 aliphatic carbocycles. The zero-order chi connectivity index (χ0) is 18.7. The molecule has 0 radical (unpaired) electrons. The lowest BCUT2D eigenvalue weighted by atomic mass is 10.1. The van der Waals surface area contributed by atoms with E-state index in [2.05, 4.69) is 21.2 Å². The highest BCUT2D eigenvalue weighted by atomic mass is 79.9. The number of carbonyl (C=O) groups excluding carboxylic acids is 2. The Bertz CT molecular complexity index is 826. The van der Waals surface area contributed by atoms with Gasteiger partial charge in [0.25, 0.3) is 5.91 Å². The van der Waals surface area contributed by atoms with E-state index in [-0.39, 0.29) is 11.8 Å². The molecule has 0 aromatic heterocycles. The third-order valence-corrected chi connectivity index (χ3v) is 5.15. The van der Waals surface area contributed by atoms with Crippen LogP contribution in [0.25, 0.3) is 0 Å². The smallest absolute Gasteiger partial charge is 0.254 e. The molecule has 1 aliphatic heterocycles. The second-order valence-electron chi connectivity index (χ2n) is 6.00. The van der Waals surface area contributed by atoms with Gasteiger partial charge in [-0.2, -0.15) is 0 Å². The van der Waals surface area contributed by atoms with E-state index >= 15 is 0 Å². The van der Waals surface area contributed by atoms with Gasteiger partial charge in [-0.15, -0.1) is 0 Å². The Balaban J connectivity index is 1.73. The summed E-state index contributed by atoms with van der Waals surface area (Å²) in [6.45, 7) is 0.566. The first-order valence-electron chi connectivity index (χ1n) is 8.20. The van der Waals surface area contributed by atoms with Crippen LogP contribution >= 0.6 is 27.5 Å². The molecule has 136 valence electrons. The summed E-state index contributed by atoms with van der Waals surface area (Å²) < 4.78 is 6.01. The van der Waals surface area contributed by atoms with Crippen molar-refractivity contribution in [2.45, 2.75) is 18.9 Å². The van der Waals surface area contributed by atoms with Gasteiger partial charge in [0.1, 0.15) is 11.8 Å². The number of benzene rings is 2. The fourth-order valence-corrected chi connectivity index (χ4v) is 3.53. The van der Waals surface area contributed by atoms with Gasteiger partial charge < -0.3 is 15.0 Å². The van der Waals surface area contributed by atoms with Gasteiger partial charge in [-0.05, 0) is 55.3 Å². The minimum absolute atomic E-state index is 0.136. The van der Waals surface area contributed by atoms with Crippen molar-refractivity contribution >= 4 is 45.0 Å². The topological polar surface area (TPSA) is 58.6 Å². The molecule has 2 amide bonds. The highest BCUT2D eigenvalue weighted by Crippen LogP contribution is 2.28. The SMILES string of the molecule is COc1ccc(NC(=O)C2CCCN2C(=O)c2ccc(Br)cc2)cc1Cl. The van der Waals surface area contributed by atoms with Crippen LogP contribution < -0.4 is 10.1 Å². The highest BCUT2D eigenvalue weighted by Gasteiger charge is 2.34. The fraction of sp³-hybridized carbons (Fsp3) is 0.263. The minimum atomic E-state index is -0.493. The van der Waals surface area contributed by atoms with Crippen LogP contribution in [-0.4, -0.2) is 36.4 Å². The average molecular weight is 438 g/mol. The van der Waals surface area contributed by atoms with Crippen LogP contribution in [0, 0.1) is 0 Å². The Kier molecular flexibility index (Phi) is 5.84. The first-order chi connectivity index (χ1) is 12.5. The van der Waals surface area contributed by atoms with Crippen molar-refractivity contribution in [3.8, 4) is 5.75 Å². The molecule has 0 saturated carbocycles. The van der Waals surface area contributed by atoms with E-state index < -0.39 is 6.04 Å². The monoisotopic (exact) mass is 436 g/mol. The third kappa shape index (κ3) is 4.02. The molecule has 1 heterocycles. The number of amides is 2. The first-order valence-corrected chi connectivity index (χ1v) is 9.37. The predicted octanol–water partition coefficient (Wildman–Crippen LogP) is 4.35. The molecule has 26 heavy (non-hydrogen) atoms. The van der Waals surface area contributed by atoms with E-state index in [1.165, 1.54) is 7.11 Å². The van der Waals surface area contributed by atoms with Crippen molar-refractivity contribution < 1.29 is 14.3 Å². The molecular formula is C19H18BrClN2O3. The molecule has 7 heteroatoms. The largest absolute Gasteiger partial charge is 0.495 e. The summed E-state index contributed by atoms with van der Waals surface area (Å²) >= 11 is 9.46. The highest BCUT2D eigenvalue weighted by molar-refractivity contribution is 9.10. The summed E-state index contributed by atoms with van der Waals surface area (Å²) in [5, 5.41) is 3.26. The van der Waals surface area contributed by atoms with Crippen molar-refractivity contribution in [2.75, 3.05) is 19.0 Å². The van der Waals surface area contributed by atoms with Crippen molar-refractivity contribution in [2.24, 2.45) is 0 Å². The Morgan fingerprint density at radius 3 is 2.62 bits per heavy atom. The van der Waals surface area contributed by atoms with Gasteiger partial charge in [-0.3, -0.25) is 9.59 Å². The molecule has 0 bridgehead atoms.